The van der Waals surface area contributed by atoms with E-state index in [1.807, 2.05) is 48.5 Å². The minimum Gasteiger partial charge on any atom is -0.489 e. The zero-order valence-corrected chi connectivity index (χ0v) is 16.3. The molecule has 6 heteroatoms. The molecule has 0 saturated heterocycles. The molecular formula is C22H15BrN2O3. The lowest BCUT2D eigenvalue weighted by Gasteiger charge is -2.07. The first-order chi connectivity index (χ1) is 13.5. The van der Waals surface area contributed by atoms with E-state index in [9.17, 15) is 15.4 Å². The first kappa shape index (κ1) is 19.3. The number of hydrogen-bond acceptors (Lipinski definition) is 4. The number of hydrogen-bond donors (Lipinski definition) is 0. The van der Waals surface area contributed by atoms with Crippen molar-refractivity contribution in [2.45, 2.75) is 6.61 Å². The van der Waals surface area contributed by atoms with E-state index in [4.69, 9.17) is 4.74 Å². The van der Waals surface area contributed by atoms with Crippen molar-refractivity contribution < 1.29 is 9.66 Å². The maximum Gasteiger partial charge on any atom is 0.270 e. The molecule has 28 heavy (non-hydrogen) atoms. The Hall–Kier alpha value is -3.43. The summed E-state index contributed by atoms with van der Waals surface area (Å²) in [5.41, 5.74) is 2.68. The molecular weight excluding hydrogens is 420 g/mol. The van der Waals surface area contributed by atoms with Crippen LogP contribution in [0.15, 0.2) is 77.3 Å². The fourth-order valence-electron chi connectivity index (χ4n) is 2.54. The van der Waals surface area contributed by atoms with Crippen LogP contribution in [0, 0.1) is 21.4 Å². The predicted molar refractivity (Wildman–Crippen MR) is 111 cm³/mol. The molecule has 3 aromatic carbocycles. The molecule has 0 aliphatic rings. The number of halogens is 1. The summed E-state index contributed by atoms with van der Waals surface area (Å²) < 4.78 is 6.79. The Kier molecular flexibility index (Phi) is 6.20. The van der Waals surface area contributed by atoms with Gasteiger partial charge >= 0.3 is 0 Å². The molecule has 0 spiro atoms. The standard InChI is InChI=1S/C22H15BrN2O3/c23-20-8-4-17(5-9-20)15-28-22-10-6-16(7-11-22)12-19(14-24)18-2-1-3-21(13-18)25(26)27/h1-13H,15H2/b19-12-. The first-order valence-corrected chi connectivity index (χ1v) is 9.18. The van der Waals surface area contributed by atoms with E-state index in [0.717, 1.165) is 15.6 Å². The summed E-state index contributed by atoms with van der Waals surface area (Å²) in [6, 6.07) is 23.4. The fourth-order valence-corrected chi connectivity index (χ4v) is 2.81. The second-order valence-electron chi connectivity index (χ2n) is 5.96. The van der Waals surface area contributed by atoms with E-state index in [1.165, 1.54) is 12.1 Å². The summed E-state index contributed by atoms with van der Waals surface area (Å²) in [7, 11) is 0. The highest BCUT2D eigenvalue weighted by molar-refractivity contribution is 9.10. The van der Waals surface area contributed by atoms with Gasteiger partial charge in [0.1, 0.15) is 12.4 Å². The molecule has 0 bridgehead atoms. The third-order valence-corrected chi connectivity index (χ3v) is 4.53. The van der Waals surface area contributed by atoms with Crippen LogP contribution in [-0.4, -0.2) is 4.92 Å². The van der Waals surface area contributed by atoms with Gasteiger partial charge in [-0.3, -0.25) is 10.1 Å². The normalized spacial score (nSPS) is 10.9. The van der Waals surface area contributed by atoms with Crippen molar-refractivity contribution in [2.75, 3.05) is 0 Å². The zero-order valence-electron chi connectivity index (χ0n) is 14.7. The molecule has 0 amide bonds. The lowest BCUT2D eigenvalue weighted by Crippen LogP contribution is -1.95. The minimum absolute atomic E-state index is 0.0460. The predicted octanol–water partition coefficient (Wildman–Crippen LogP) is 6.00. The summed E-state index contributed by atoms with van der Waals surface area (Å²) >= 11 is 3.40. The summed E-state index contributed by atoms with van der Waals surface area (Å²) in [5.74, 6) is 0.717. The van der Waals surface area contributed by atoms with Crippen LogP contribution < -0.4 is 4.74 Å². The van der Waals surface area contributed by atoms with Gasteiger partial charge in [-0.05, 0) is 47.0 Å². The van der Waals surface area contributed by atoms with Gasteiger partial charge in [-0.25, -0.2) is 0 Å². The molecule has 0 saturated carbocycles. The third kappa shape index (κ3) is 5.06. The molecule has 3 aromatic rings. The number of nitro benzene ring substituents is 1. The molecule has 0 aromatic heterocycles. The van der Waals surface area contributed by atoms with Gasteiger partial charge in [-0.15, -0.1) is 0 Å². The average molecular weight is 435 g/mol. The van der Waals surface area contributed by atoms with Crippen molar-refractivity contribution in [1.29, 1.82) is 5.26 Å². The van der Waals surface area contributed by atoms with Crippen molar-refractivity contribution in [3.05, 3.63) is 104 Å². The van der Waals surface area contributed by atoms with Gasteiger partial charge in [0.2, 0.25) is 0 Å². The number of rotatable bonds is 6. The maximum atomic E-state index is 10.9. The topological polar surface area (TPSA) is 76.2 Å². The molecule has 0 radical (unpaired) electrons. The van der Waals surface area contributed by atoms with Crippen LogP contribution in [0.1, 0.15) is 16.7 Å². The molecule has 0 unspecified atom stereocenters. The number of ether oxygens (including phenoxy) is 1. The third-order valence-electron chi connectivity index (χ3n) is 4.00. The van der Waals surface area contributed by atoms with Crippen molar-refractivity contribution in [1.82, 2.24) is 0 Å². The maximum absolute atomic E-state index is 10.9. The van der Waals surface area contributed by atoms with Gasteiger partial charge < -0.3 is 4.74 Å². The van der Waals surface area contributed by atoms with Gasteiger partial charge in [0.25, 0.3) is 5.69 Å². The summed E-state index contributed by atoms with van der Waals surface area (Å²) in [5, 5.41) is 20.4. The van der Waals surface area contributed by atoms with E-state index in [1.54, 1.807) is 18.2 Å². The van der Waals surface area contributed by atoms with Crippen molar-refractivity contribution in [3.8, 4) is 11.8 Å². The van der Waals surface area contributed by atoms with Crippen LogP contribution in [0.4, 0.5) is 5.69 Å². The van der Waals surface area contributed by atoms with Gasteiger partial charge in [0, 0.05) is 16.6 Å². The van der Waals surface area contributed by atoms with Gasteiger partial charge in [0.05, 0.1) is 16.6 Å². The molecule has 0 atom stereocenters. The summed E-state index contributed by atoms with van der Waals surface area (Å²) in [4.78, 5) is 10.5. The molecule has 138 valence electrons. The van der Waals surface area contributed by atoms with E-state index >= 15 is 0 Å². The quantitative estimate of drug-likeness (QED) is 0.206. The van der Waals surface area contributed by atoms with Crippen molar-refractivity contribution in [2.24, 2.45) is 0 Å². The van der Waals surface area contributed by atoms with Crippen molar-refractivity contribution in [3.63, 3.8) is 0 Å². The van der Waals surface area contributed by atoms with E-state index in [2.05, 4.69) is 22.0 Å². The monoisotopic (exact) mass is 434 g/mol. The summed E-state index contributed by atoms with van der Waals surface area (Å²) in [6.45, 7) is 0.458. The number of nitrogens with zero attached hydrogens (tertiary/aromatic N) is 2. The van der Waals surface area contributed by atoms with Crippen LogP contribution in [0.5, 0.6) is 5.75 Å². The molecule has 0 heterocycles. The number of nitriles is 1. The van der Waals surface area contributed by atoms with Crippen LogP contribution >= 0.6 is 15.9 Å². The molecule has 0 aliphatic carbocycles. The highest BCUT2D eigenvalue weighted by Crippen LogP contribution is 2.23. The van der Waals surface area contributed by atoms with Crippen molar-refractivity contribution >= 4 is 33.3 Å². The van der Waals surface area contributed by atoms with Crippen LogP contribution in [0.25, 0.3) is 11.6 Å². The largest absolute Gasteiger partial charge is 0.489 e. The molecule has 5 nitrogen and oxygen atoms in total. The number of nitro groups is 1. The minimum atomic E-state index is -0.476. The molecule has 0 aliphatic heterocycles. The summed E-state index contributed by atoms with van der Waals surface area (Å²) in [6.07, 6.45) is 1.69. The molecule has 0 N–H and O–H groups in total. The SMILES string of the molecule is N#C/C(=C/c1ccc(OCc2ccc(Br)cc2)cc1)c1cccc([N+](=O)[O-])c1. The zero-order chi connectivity index (χ0) is 19.9. The van der Waals surface area contributed by atoms with Crippen LogP contribution in [0.2, 0.25) is 0 Å². The highest BCUT2D eigenvalue weighted by Gasteiger charge is 2.09. The Morgan fingerprint density at radius 3 is 2.46 bits per heavy atom. The highest BCUT2D eigenvalue weighted by atomic mass is 79.9. The molecule has 3 rings (SSSR count). The van der Waals surface area contributed by atoms with Gasteiger partial charge in [-0.1, -0.05) is 52.3 Å². The Morgan fingerprint density at radius 2 is 1.82 bits per heavy atom. The molecule has 0 fully saturated rings. The smallest absolute Gasteiger partial charge is 0.270 e. The Labute approximate surface area is 170 Å². The number of non-ortho nitro benzene ring substituents is 1. The second-order valence-corrected chi connectivity index (χ2v) is 6.88. The van der Waals surface area contributed by atoms with E-state index in [0.29, 0.717) is 23.5 Å². The van der Waals surface area contributed by atoms with Crippen LogP contribution in [-0.2, 0) is 6.61 Å². The van der Waals surface area contributed by atoms with Gasteiger partial charge in [-0.2, -0.15) is 5.26 Å². The van der Waals surface area contributed by atoms with E-state index in [-0.39, 0.29) is 5.69 Å². The fraction of sp³-hybridized carbons (Fsp3) is 0.0455. The van der Waals surface area contributed by atoms with Crippen LogP contribution in [0.3, 0.4) is 0 Å². The first-order valence-electron chi connectivity index (χ1n) is 8.39. The Bertz CT molecular complexity index is 1050. The second kappa shape index (κ2) is 8.98. The van der Waals surface area contributed by atoms with Gasteiger partial charge in [0.15, 0.2) is 0 Å². The Balaban J connectivity index is 1.73. The average Bonchev–Trinajstić information content (AvgIpc) is 2.72. The lowest BCUT2D eigenvalue weighted by molar-refractivity contribution is -0.384. The number of benzene rings is 3. The number of allylic oxidation sites excluding steroid dienone is 1. The Morgan fingerprint density at radius 1 is 1.11 bits per heavy atom. The van der Waals surface area contributed by atoms with E-state index < -0.39 is 4.92 Å². The lowest BCUT2D eigenvalue weighted by atomic mass is 10.0.